The maximum absolute atomic E-state index is 12.6. The van der Waals surface area contributed by atoms with Crippen molar-refractivity contribution in [3.63, 3.8) is 0 Å². The summed E-state index contributed by atoms with van der Waals surface area (Å²) in [5.74, 6) is -5.05. The molecular formula is C35H58ClF12N4O18-. The highest BCUT2D eigenvalue weighted by Gasteiger charge is 2.49. The Labute approximate surface area is 397 Å². The lowest BCUT2D eigenvalue weighted by molar-refractivity contribution is -0.545. The highest BCUT2D eigenvalue weighted by atomic mass is 35.5. The summed E-state index contributed by atoms with van der Waals surface area (Å²) in [4.78, 5) is 72.0. The minimum absolute atomic E-state index is 0. The number of rotatable bonds is 21. The molecule has 0 spiro atoms. The summed E-state index contributed by atoms with van der Waals surface area (Å²) in [6, 6.07) is -3.77. The molecule has 0 aliphatic rings. The van der Waals surface area contributed by atoms with E-state index in [1.165, 1.54) is 14.0 Å². The van der Waals surface area contributed by atoms with E-state index >= 15 is 0 Å². The molecule has 0 aromatic carbocycles. The van der Waals surface area contributed by atoms with Gasteiger partial charge in [-0.3, -0.25) is 44.2 Å². The van der Waals surface area contributed by atoms with Gasteiger partial charge in [0.25, 0.3) is 6.29 Å². The summed E-state index contributed by atoms with van der Waals surface area (Å²) in [7, 11) is 3.36. The van der Waals surface area contributed by atoms with Crippen molar-refractivity contribution >= 4 is 29.8 Å². The zero-order valence-corrected chi connectivity index (χ0v) is 39.0. The van der Waals surface area contributed by atoms with E-state index in [2.05, 4.69) is 18.9 Å². The second kappa shape index (κ2) is 37.2. The van der Waals surface area contributed by atoms with Crippen LogP contribution >= 0.6 is 0 Å². The summed E-state index contributed by atoms with van der Waals surface area (Å²) in [6.45, 7) is 5.78. The molecule has 0 saturated carbocycles. The Morgan fingerprint density at radius 3 is 1.31 bits per heavy atom. The van der Waals surface area contributed by atoms with Gasteiger partial charge >= 0.3 is 48.6 Å². The van der Waals surface area contributed by atoms with Gasteiger partial charge in [0.15, 0.2) is 12.2 Å². The third-order valence-electron chi connectivity index (χ3n) is 7.44. The van der Waals surface area contributed by atoms with Crippen molar-refractivity contribution in [1.29, 1.82) is 0 Å². The molecule has 0 bridgehead atoms. The minimum Gasteiger partial charge on any atom is -1.00 e. The van der Waals surface area contributed by atoms with Gasteiger partial charge in [-0.15, -0.1) is 0 Å². The standard InChI is InChI=1S/C13H21F3O5.C7H10F3NO5.C6H11F3N2O2.C5H9NO4.C4H7F3O2.ClH/c1-12(2,3)21-10(18)7-8(5-6-9(17)20-4)11(19)13(14,15)16;1-16-5(12)3-2-4(11(14)15)6(13)7(8,9)10;7-6(8,9)5(13)3(10)1-2-4(11)12;1-10-5(7)3-2-4-6(8)9;1-2-9-3(8)4(5,6)7;/h8,11,19H,5-7H2,1-4H3;4,6,13H,2-3H2,1H3;3,5,13H,1-2,10H2,(H2,11,12);2-4H2,1H3;3,8H,2H2,1H3;1H/p-1. The van der Waals surface area contributed by atoms with Crippen molar-refractivity contribution in [3.8, 4) is 0 Å². The molecule has 0 aromatic rings. The number of carbonyl (C=O) groups excluding carboxylic acids is 5. The molecule has 0 heterocycles. The Balaban J connectivity index is -0.000000188. The number of aliphatic hydroxyl groups excluding tert-OH is 4. The fourth-order valence-electron chi connectivity index (χ4n) is 4.02. The second-order valence-corrected chi connectivity index (χ2v) is 14.3. The SMILES string of the molecule is CCOC(O)C(F)(F)F.COC(=O)CCC(C(O)C(F)(F)F)[N+](=O)[O-].COC(=O)CCC(CC(=O)OC(C)(C)C)C(O)C(F)(F)F.COC(=O)CCC[N+](=O)[O-].NC(=O)CCC(N)C(O)C(F)(F)F.[Cl-]. The number of methoxy groups -OCH3 is 3. The van der Waals surface area contributed by atoms with E-state index in [9.17, 15) is 102 Å². The normalized spacial score (nSPS) is 14.5. The predicted molar refractivity (Wildman–Crippen MR) is 207 cm³/mol. The molecule has 418 valence electrons. The van der Waals surface area contributed by atoms with Crippen LogP contribution in [0.25, 0.3) is 0 Å². The van der Waals surface area contributed by atoms with Crippen LogP contribution in [0.3, 0.4) is 0 Å². The molecule has 7 atom stereocenters. The summed E-state index contributed by atoms with van der Waals surface area (Å²) in [5, 5.41) is 54.6. The first kappa shape index (κ1) is 76.8. The molecule has 70 heavy (non-hydrogen) atoms. The molecule has 7 unspecified atom stereocenters. The largest absolute Gasteiger partial charge is 1.00 e. The maximum atomic E-state index is 12.6. The summed E-state index contributed by atoms with van der Waals surface area (Å²) >= 11 is 0. The van der Waals surface area contributed by atoms with Crippen LogP contribution < -0.4 is 23.9 Å². The first-order chi connectivity index (χ1) is 31.0. The first-order valence-electron chi connectivity index (χ1n) is 19.3. The summed E-state index contributed by atoms with van der Waals surface area (Å²) < 4.78 is 164. The third kappa shape index (κ3) is 44.6. The molecule has 0 aromatic heterocycles. The van der Waals surface area contributed by atoms with E-state index in [4.69, 9.17) is 31.5 Å². The maximum Gasteiger partial charge on any atom is 0.439 e. The van der Waals surface area contributed by atoms with Crippen LogP contribution in [0, 0.1) is 26.1 Å². The number of nitrogens with two attached hydrogens (primary N) is 2. The summed E-state index contributed by atoms with van der Waals surface area (Å²) in [5.41, 5.74) is 8.83. The molecule has 0 aliphatic carbocycles. The number of alkyl halides is 12. The number of ether oxygens (including phenoxy) is 5. The molecule has 0 radical (unpaired) electrons. The van der Waals surface area contributed by atoms with Crippen LogP contribution in [0.15, 0.2) is 0 Å². The number of amides is 1. The van der Waals surface area contributed by atoms with E-state index in [1.54, 1.807) is 20.8 Å². The van der Waals surface area contributed by atoms with Gasteiger partial charge < -0.3 is 68.0 Å². The number of nitro groups is 2. The van der Waals surface area contributed by atoms with Crippen LogP contribution in [-0.4, -0.2) is 162 Å². The average molecular weight is 1090 g/mol. The van der Waals surface area contributed by atoms with Gasteiger partial charge in [-0.2, -0.15) is 52.7 Å². The molecule has 22 nitrogen and oxygen atoms in total. The lowest BCUT2D eigenvalue weighted by Crippen LogP contribution is -3.00. The van der Waals surface area contributed by atoms with Crippen molar-refractivity contribution in [2.45, 2.75) is 152 Å². The monoisotopic (exact) mass is 1090 g/mol. The van der Waals surface area contributed by atoms with Crippen LogP contribution in [0.1, 0.15) is 85.5 Å². The number of carbonyl (C=O) groups is 5. The topological polar surface area (TPSA) is 351 Å². The highest BCUT2D eigenvalue weighted by molar-refractivity contribution is 5.73. The fraction of sp³-hybridized carbons (Fsp3) is 0.857. The van der Waals surface area contributed by atoms with Gasteiger partial charge in [0.2, 0.25) is 24.6 Å². The van der Waals surface area contributed by atoms with Crippen molar-refractivity contribution in [3.05, 3.63) is 20.2 Å². The molecule has 0 fully saturated rings. The van der Waals surface area contributed by atoms with Gasteiger partial charge in [0.1, 0.15) is 5.60 Å². The Morgan fingerprint density at radius 1 is 0.614 bits per heavy atom. The van der Waals surface area contributed by atoms with Crippen LogP contribution in [0.5, 0.6) is 0 Å². The van der Waals surface area contributed by atoms with E-state index in [0.29, 0.717) is 0 Å². The van der Waals surface area contributed by atoms with Crippen LogP contribution in [0.4, 0.5) is 52.7 Å². The second-order valence-electron chi connectivity index (χ2n) is 14.3. The molecule has 1 amide bonds. The fourth-order valence-corrected chi connectivity index (χ4v) is 4.02. The number of esters is 4. The molecule has 0 saturated heterocycles. The Morgan fingerprint density at radius 2 is 1.01 bits per heavy atom. The lowest BCUT2D eigenvalue weighted by Gasteiger charge is -2.26. The van der Waals surface area contributed by atoms with Gasteiger partial charge in [-0.05, 0) is 40.5 Å². The zero-order chi connectivity index (χ0) is 55.9. The number of nitrogens with zero attached hydrogens (tertiary/aromatic N) is 2. The van der Waals surface area contributed by atoms with Gasteiger partial charge in [-0.1, -0.05) is 0 Å². The highest BCUT2D eigenvalue weighted by Crippen LogP contribution is 2.31. The first-order valence-corrected chi connectivity index (χ1v) is 19.3. The van der Waals surface area contributed by atoms with Crippen LogP contribution in [0.2, 0.25) is 0 Å². The number of primary amides is 1. The quantitative estimate of drug-likeness (QED) is 0.0225. The molecule has 8 N–H and O–H groups in total. The van der Waals surface area contributed by atoms with E-state index < -0.39 is 132 Å². The third-order valence-corrected chi connectivity index (χ3v) is 7.44. The van der Waals surface area contributed by atoms with Gasteiger partial charge in [0.05, 0.1) is 40.6 Å². The van der Waals surface area contributed by atoms with Crippen molar-refractivity contribution in [2.24, 2.45) is 17.4 Å². The zero-order valence-electron chi connectivity index (χ0n) is 38.3. The molecule has 0 aliphatic heterocycles. The minimum atomic E-state index is -5.09. The number of hydrogen-bond donors (Lipinski definition) is 6. The van der Waals surface area contributed by atoms with E-state index in [0.717, 1.165) is 14.2 Å². The van der Waals surface area contributed by atoms with Gasteiger partial charge in [0, 0.05) is 54.1 Å². The number of hydrogen-bond acceptors (Lipinski definition) is 19. The Bertz CT molecular complexity index is 1520. The predicted octanol–water partition coefficient (Wildman–Crippen LogP) is 0.345. The summed E-state index contributed by atoms with van der Waals surface area (Å²) in [6.07, 6.45) is -33.2. The number of aliphatic hydroxyl groups is 4. The molecule has 0 rings (SSSR count). The van der Waals surface area contributed by atoms with Crippen LogP contribution in [-0.2, 0) is 47.7 Å². The average Bonchev–Trinajstić information content (AvgIpc) is 3.19. The van der Waals surface area contributed by atoms with Gasteiger partial charge in [-0.25, -0.2) is 0 Å². The van der Waals surface area contributed by atoms with E-state index in [1.807, 2.05) is 0 Å². The smallest absolute Gasteiger partial charge is 0.439 e. The number of halogens is 13. The van der Waals surface area contributed by atoms with Crippen molar-refractivity contribution in [1.82, 2.24) is 0 Å². The Kier molecular flexibility index (Phi) is 40.8. The molecular weight excluding hydrogens is 1030 g/mol. The lowest BCUT2D eigenvalue weighted by atomic mass is 9.92. The van der Waals surface area contributed by atoms with E-state index in [-0.39, 0.29) is 64.1 Å². The van der Waals surface area contributed by atoms with Crippen molar-refractivity contribution in [2.75, 3.05) is 34.5 Å². The van der Waals surface area contributed by atoms with Crippen molar-refractivity contribution < 1.29 is 143 Å². The molecule has 35 heteroatoms. The Hall–Kier alpha value is -4.64.